The van der Waals surface area contributed by atoms with E-state index in [2.05, 4.69) is 15.0 Å². The molecule has 0 amide bonds. The molecule has 13 nitrogen and oxygen atoms in total. The summed E-state index contributed by atoms with van der Waals surface area (Å²) in [5.74, 6) is 0.773. The van der Waals surface area contributed by atoms with Crippen molar-refractivity contribution in [2.75, 3.05) is 58.4 Å². The number of nitrogens with zero attached hydrogens (tertiary/aromatic N) is 3. The van der Waals surface area contributed by atoms with Crippen molar-refractivity contribution in [1.82, 2.24) is 19.3 Å². The molecule has 2 saturated heterocycles. The quantitative estimate of drug-likeness (QED) is 0.340. The number of rotatable bonds is 10. The fraction of sp³-hybridized carbons (Fsp3) is 0.607. The average Bonchev–Trinajstić information content (AvgIpc) is 3.36. The lowest BCUT2D eigenvalue weighted by atomic mass is 9.88. The number of hydrogen-bond donors (Lipinski definition) is 3. The van der Waals surface area contributed by atoms with Crippen LogP contribution in [0.15, 0.2) is 46.3 Å². The topological polar surface area (TPSA) is 160 Å². The van der Waals surface area contributed by atoms with Gasteiger partial charge in [-0.05, 0) is 58.4 Å². The van der Waals surface area contributed by atoms with Gasteiger partial charge < -0.3 is 29.5 Å². The van der Waals surface area contributed by atoms with Crippen molar-refractivity contribution >= 4 is 25.7 Å². The highest BCUT2D eigenvalue weighted by Crippen LogP contribution is 2.39. The Labute approximate surface area is 253 Å². The van der Waals surface area contributed by atoms with Gasteiger partial charge in [0.2, 0.25) is 25.9 Å². The standard InChI is InChI=1S/C28H41N5O8S2/c1-27(2)19-32(4)25-13-24(16-31-26(25)41-27)43(37,38)33-10-8-28(9-11-33)14-20(17-40-28)30-15-21(34)18-39-22-6-5-7-23(12-22)42(35,36)29-3/h5-7,12-13,16,20-21,29-30,34H,8-11,14-15,17-19H2,1-4H3/t20?,21-/m0/s1. The number of pyridine rings is 1. The molecule has 3 aliphatic rings. The predicted octanol–water partition coefficient (Wildman–Crippen LogP) is 0.939. The molecule has 2 fully saturated rings. The summed E-state index contributed by atoms with van der Waals surface area (Å²) < 4.78 is 72.5. The van der Waals surface area contributed by atoms with E-state index < -0.39 is 37.4 Å². The van der Waals surface area contributed by atoms with E-state index in [1.165, 1.54) is 29.7 Å². The summed E-state index contributed by atoms with van der Waals surface area (Å²) in [6, 6.07) is 7.72. The van der Waals surface area contributed by atoms with E-state index >= 15 is 0 Å². The van der Waals surface area contributed by atoms with Gasteiger partial charge in [-0.15, -0.1) is 0 Å². The predicted molar refractivity (Wildman–Crippen MR) is 159 cm³/mol. The first kappa shape index (κ1) is 31.9. The van der Waals surface area contributed by atoms with Crippen LogP contribution in [0.1, 0.15) is 33.1 Å². The van der Waals surface area contributed by atoms with Crippen LogP contribution in [-0.4, -0.2) is 108 Å². The highest BCUT2D eigenvalue weighted by atomic mass is 32.2. The highest BCUT2D eigenvalue weighted by molar-refractivity contribution is 7.89. The Kier molecular flexibility index (Phi) is 8.97. The molecule has 1 unspecified atom stereocenters. The Hall–Kier alpha value is -2.53. The van der Waals surface area contributed by atoms with E-state index in [1.807, 2.05) is 25.8 Å². The summed E-state index contributed by atoms with van der Waals surface area (Å²) in [6.45, 7) is 5.93. The summed E-state index contributed by atoms with van der Waals surface area (Å²) in [5, 5.41) is 13.8. The molecule has 1 spiro atoms. The number of likely N-dealkylation sites (N-methyl/N-ethyl adjacent to an activating group) is 1. The Bertz CT molecular complexity index is 1530. The van der Waals surface area contributed by atoms with Crippen LogP contribution in [0.4, 0.5) is 5.69 Å². The maximum Gasteiger partial charge on any atom is 0.244 e. The van der Waals surface area contributed by atoms with Crippen LogP contribution in [0.5, 0.6) is 11.6 Å². The Morgan fingerprint density at radius 3 is 2.63 bits per heavy atom. The average molecular weight is 640 g/mol. The molecule has 1 aromatic heterocycles. The second-order valence-electron chi connectivity index (χ2n) is 12.1. The van der Waals surface area contributed by atoms with E-state index in [-0.39, 0.29) is 29.0 Å². The second kappa shape index (κ2) is 12.1. The summed E-state index contributed by atoms with van der Waals surface area (Å²) in [6.07, 6.45) is 2.38. The molecular weight excluding hydrogens is 598 g/mol. The van der Waals surface area contributed by atoms with Gasteiger partial charge in [0.1, 0.15) is 34.6 Å². The number of nitrogens with one attached hydrogen (secondary N) is 2. The number of ether oxygens (including phenoxy) is 3. The van der Waals surface area contributed by atoms with Crippen molar-refractivity contribution in [3.8, 4) is 11.6 Å². The van der Waals surface area contributed by atoms with Gasteiger partial charge in [-0.25, -0.2) is 26.5 Å². The lowest BCUT2D eigenvalue weighted by Crippen LogP contribution is -2.47. The molecule has 15 heteroatoms. The molecule has 3 N–H and O–H groups in total. The van der Waals surface area contributed by atoms with Gasteiger partial charge in [-0.1, -0.05) is 6.07 Å². The maximum absolute atomic E-state index is 13.5. The lowest BCUT2D eigenvalue weighted by Gasteiger charge is -2.39. The SMILES string of the molecule is CNS(=O)(=O)c1cccc(OC[C@@H](O)CNC2COC3(CCN(S(=O)(=O)c4cnc5c(c4)N(C)CC(C)(C)O5)CC3)C2)c1. The van der Waals surface area contributed by atoms with Crippen molar-refractivity contribution < 1.29 is 36.2 Å². The minimum absolute atomic E-state index is 0.00606. The third kappa shape index (κ3) is 7.08. The number of sulfonamides is 2. The highest BCUT2D eigenvalue weighted by Gasteiger charge is 2.45. The first-order valence-corrected chi connectivity index (χ1v) is 17.3. The van der Waals surface area contributed by atoms with Crippen LogP contribution in [0, 0.1) is 0 Å². The van der Waals surface area contributed by atoms with E-state index in [0.717, 1.165) is 0 Å². The van der Waals surface area contributed by atoms with Crippen LogP contribution in [0.25, 0.3) is 0 Å². The molecule has 5 rings (SSSR count). The minimum atomic E-state index is -3.74. The van der Waals surface area contributed by atoms with Crippen LogP contribution >= 0.6 is 0 Å². The zero-order valence-corrected chi connectivity index (χ0v) is 26.6. The Morgan fingerprint density at radius 1 is 1.16 bits per heavy atom. The number of aromatic nitrogens is 1. The van der Waals surface area contributed by atoms with Crippen LogP contribution in [0.3, 0.4) is 0 Å². The number of aliphatic hydroxyl groups excluding tert-OH is 1. The minimum Gasteiger partial charge on any atom is -0.491 e. The molecule has 0 bridgehead atoms. The zero-order valence-electron chi connectivity index (χ0n) is 24.9. The van der Waals surface area contributed by atoms with Gasteiger partial charge in [-0.3, -0.25) is 0 Å². The van der Waals surface area contributed by atoms with Crippen LogP contribution < -0.4 is 24.4 Å². The number of piperidine rings is 1. The molecule has 43 heavy (non-hydrogen) atoms. The Balaban J connectivity index is 1.10. The third-order valence-corrected chi connectivity index (χ3v) is 11.4. The smallest absolute Gasteiger partial charge is 0.244 e. The molecule has 0 radical (unpaired) electrons. The van der Waals surface area contributed by atoms with Gasteiger partial charge >= 0.3 is 0 Å². The normalized spacial score (nSPS) is 22.6. The molecule has 1 aromatic carbocycles. The van der Waals surface area contributed by atoms with Crippen LogP contribution in [-0.2, 0) is 24.8 Å². The summed E-state index contributed by atoms with van der Waals surface area (Å²) >= 11 is 0. The van der Waals surface area contributed by atoms with Gasteiger partial charge in [0, 0.05) is 38.8 Å². The van der Waals surface area contributed by atoms with Crippen molar-refractivity contribution in [2.24, 2.45) is 0 Å². The summed E-state index contributed by atoms with van der Waals surface area (Å²) in [7, 11) is -4.09. The number of benzene rings is 1. The molecule has 0 aliphatic carbocycles. The third-order valence-electron chi connectivity index (χ3n) is 8.16. The molecule has 0 saturated carbocycles. The van der Waals surface area contributed by atoms with Gasteiger partial charge in [0.25, 0.3) is 0 Å². The molecule has 238 valence electrons. The van der Waals surface area contributed by atoms with Crippen molar-refractivity contribution in [1.29, 1.82) is 0 Å². The fourth-order valence-corrected chi connectivity index (χ4v) is 8.05. The second-order valence-corrected chi connectivity index (χ2v) is 15.9. The van der Waals surface area contributed by atoms with E-state index in [9.17, 15) is 21.9 Å². The van der Waals surface area contributed by atoms with Gasteiger partial charge in [0.15, 0.2) is 0 Å². The van der Waals surface area contributed by atoms with Gasteiger partial charge in [0.05, 0.1) is 29.8 Å². The first-order chi connectivity index (χ1) is 20.2. The zero-order chi connectivity index (χ0) is 31.0. The van der Waals surface area contributed by atoms with E-state index in [4.69, 9.17) is 14.2 Å². The summed E-state index contributed by atoms with van der Waals surface area (Å²) in [5.41, 5.74) is -0.176. The summed E-state index contributed by atoms with van der Waals surface area (Å²) in [4.78, 5) is 6.53. The number of fused-ring (bicyclic) bond motifs is 1. The lowest BCUT2D eigenvalue weighted by molar-refractivity contribution is -0.0312. The van der Waals surface area contributed by atoms with E-state index in [0.29, 0.717) is 62.8 Å². The molecule has 4 heterocycles. The van der Waals surface area contributed by atoms with E-state index in [1.54, 1.807) is 18.2 Å². The molecule has 2 aromatic rings. The largest absolute Gasteiger partial charge is 0.491 e. The maximum atomic E-state index is 13.5. The van der Waals surface area contributed by atoms with Crippen molar-refractivity contribution in [3.05, 3.63) is 36.5 Å². The van der Waals surface area contributed by atoms with Gasteiger partial charge in [-0.2, -0.15) is 4.31 Å². The molecule has 3 aliphatic heterocycles. The number of anilines is 1. The monoisotopic (exact) mass is 639 g/mol. The van der Waals surface area contributed by atoms with Crippen molar-refractivity contribution in [3.63, 3.8) is 0 Å². The number of hydrogen-bond acceptors (Lipinski definition) is 11. The molecule has 2 atom stereocenters. The first-order valence-electron chi connectivity index (χ1n) is 14.3. The van der Waals surface area contributed by atoms with Crippen molar-refractivity contribution in [2.45, 2.75) is 66.2 Å². The Morgan fingerprint density at radius 2 is 1.91 bits per heavy atom. The fourth-order valence-electron chi connectivity index (χ4n) is 5.88. The molecular formula is C28H41N5O8S2. The van der Waals surface area contributed by atoms with Crippen LogP contribution in [0.2, 0.25) is 0 Å². The number of aliphatic hydroxyl groups is 1.